The Bertz CT molecular complexity index is 1090. The van der Waals surface area contributed by atoms with Crippen molar-refractivity contribution in [3.8, 4) is 0 Å². The molecule has 5 nitrogen and oxygen atoms in total. The van der Waals surface area contributed by atoms with E-state index < -0.39 is 12.4 Å². The lowest BCUT2D eigenvalue weighted by atomic mass is 10.1. The number of aryl methyl sites for hydroxylation is 2. The topological polar surface area (TPSA) is 72.2 Å². The first kappa shape index (κ1) is 19.6. The second-order valence-electron chi connectivity index (χ2n) is 6.45. The van der Waals surface area contributed by atoms with Crippen LogP contribution in [0.5, 0.6) is 0 Å². The number of aliphatic hydroxyl groups excluding tert-OH is 1. The molecule has 3 rings (SSSR count). The monoisotopic (exact) mass is 380 g/mol. The number of hydrogen-bond acceptors (Lipinski definition) is 4. The molecule has 0 saturated heterocycles. The van der Waals surface area contributed by atoms with E-state index in [9.17, 15) is 14.0 Å². The van der Waals surface area contributed by atoms with Crippen molar-refractivity contribution in [1.82, 2.24) is 9.55 Å². The summed E-state index contributed by atoms with van der Waals surface area (Å²) < 4.78 is 14.7. The highest BCUT2D eigenvalue weighted by molar-refractivity contribution is 5.94. The van der Waals surface area contributed by atoms with Gasteiger partial charge in [-0.3, -0.25) is 14.2 Å². The van der Waals surface area contributed by atoms with Gasteiger partial charge in [0.15, 0.2) is 5.78 Å². The standard InChI is InChI=1S/C22H21FN2O3/c1-2-21-24-20-13-16(5-9-18(27)14-26)6-10-19(20)22(28)25(21)12-11-15-3-7-17(23)8-4-15/h3-10,13,26H,2,11-12,14H2,1H3/b9-5+. The maximum absolute atomic E-state index is 13.1. The van der Waals surface area contributed by atoms with Crippen LogP contribution in [-0.2, 0) is 24.2 Å². The summed E-state index contributed by atoms with van der Waals surface area (Å²) in [7, 11) is 0. The minimum absolute atomic E-state index is 0.120. The number of benzene rings is 2. The molecular weight excluding hydrogens is 359 g/mol. The zero-order valence-corrected chi connectivity index (χ0v) is 15.6. The minimum Gasteiger partial charge on any atom is -0.388 e. The number of carbonyl (C=O) groups excluding carboxylic acids is 1. The summed E-state index contributed by atoms with van der Waals surface area (Å²) in [5, 5.41) is 9.29. The van der Waals surface area contributed by atoms with Gasteiger partial charge in [0.25, 0.3) is 5.56 Å². The molecule has 1 aromatic heterocycles. The molecule has 2 aromatic carbocycles. The number of halogens is 1. The molecular formula is C22H21FN2O3. The van der Waals surface area contributed by atoms with Gasteiger partial charge in [-0.2, -0.15) is 0 Å². The summed E-state index contributed by atoms with van der Waals surface area (Å²) >= 11 is 0. The van der Waals surface area contributed by atoms with Crippen LogP contribution in [0, 0.1) is 5.82 Å². The van der Waals surface area contributed by atoms with Gasteiger partial charge in [-0.1, -0.05) is 31.2 Å². The Morgan fingerprint density at radius 3 is 2.64 bits per heavy atom. The van der Waals surface area contributed by atoms with Crippen molar-refractivity contribution >= 4 is 22.8 Å². The largest absolute Gasteiger partial charge is 0.388 e. The van der Waals surface area contributed by atoms with Gasteiger partial charge in [0.05, 0.1) is 10.9 Å². The van der Waals surface area contributed by atoms with Crippen LogP contribution in [0.15, 0.2) is 53.3 Å². The third-order valence-corrected chi connectivity index (χ3v) is 4.53. The molecule has 28 heavy (non-hydrogen) atoms. The minimum atomic E-state index is -0.541. The molecule has 0 radical (unpaired) electrons. The zero-order valence-electron chi connectivity index (χ0n) is 15.6. The molecule has 6 heteroatoms. The molecule has 0 unspecified atom stereocenters. The highest BCUT2D eigenvalue weighted by Crippen LogP contribution is 2.14. The van der Waals surface area contributed by atoms with Gasteiger partial charge in [0, 0.05) is 13.0 Å². The van der Waals surface area contributed by atoms with Crippen molar-refractivity contribution in [2.24, 2.45) is 0 Å². The average Bonchev–Trinajstić information content (AvgIpc) is 2.72. The number of aromatic nitrogens is 2. The van der Waals surface area contributed by atoms with Gasteiger partial charge < -0.3 is 5.11 Å². The van der Waals surface area contributed by atoms with E-state index >= 15 is 0 Å². The summed E-state index contributed by atoms with van der Waals surface area (Å²) in [5.41, 5.74) is 2.13. The Hall–Kier alpha value is -3.12. The Balaban J connectivity index is 1.94. The number of aliphatic hydroxyl groups is 1. The maximum Gasteiger partial charge on any atom is 0.261 e. The lowest BCUT2D eigenvalue weighted by Gasteiger charge is -2.13. The van der Waals surface area contributed by atoms with E-state index in [1.54, 1.807) is 41.0 Å². The molecule has 0 spiro atoms. The van der Waals surface area contributed by atoms with E-state index in [1.165, 1.54) is 18.2 Å². The molecule has 1 N–H and O–H groups in total. The van der Waals surface area contributed by atoms with Crippen LogP contribution in [0.25, 0.3) is 17.0 Å². The van der Waals surface area contributed by atoms with E-state index in [-0.39, 0.29) is 11.4 Å². The molecule has 0 amide bonds. The second kappa shape index (κ2) is 8.71. The normalized spacial score (nSPS) is 11.4. The number of nitrogens with zero attached hydrogens (tertiary/aromatic N) is 2. The van der Waals surface area contributed by atoms with Gasteiger partial charge >= 0.3 is 0 Å². The molecule has 0 bridgehead atoms. The summed E-state index contributed by atoms with van der Waals surface area (Å²) in [4.78, 5) is 28.8. The number of rotatable bonds is 7. The third kappa shape index (κ3) is 4.40. The maximum atomic E-state index is 13.1. The summed E-state index contributed by atoms with van der Waals surface area (Å²) in [6.45, 7) is 1.86. The zero-order chi connectivity index (χ0) is 20.1. The van der Waals surface area contributed by atoms with Crippen molar-refractivity contribution in [2.45, 2.75) is 26.3 Å². The molecule has 0 aliphatic carbocycles. The Morgan fingerprint density at radius 1 is 1.21 bits per heavy atom. The Kier molecular flexibility index (Phi) is 6.11. The van der Waals surface area contributed by atoms with Crippen molar-refractivity contribution < 1.29 is 14.3 Å². The lowest BCUT2D eigenvalue weighted by molar-refractivity contribution is -0.117. The van der Waals surface area contributed by atoms with E-state index in [0.717, 1.165) is 11.1 Å². The molecule has 144 valence electrons. The van der Waals surface area contributed by atoms with Crippen molar-refractivity contribution in [2.75, 3.05) is 6.61 Å². The second-order valence-corrected chi connectivity index (χ2v) is 6.45. The number of carbonyl (C=O) groups is 1. The van der Waals surface area contributed by atoms with Crippen molar-refractivity contribution in [1.29, 1.82) is 0 Å². The average molecular weight is 380 g/mol. The summed E-state index contributed by atoms with van der Waals surface area (Å²) in [6, 6.07) is 11.4. The third-order valence-electron chi connectivity index (χ3n) is 4.53. The van der Waals surface area contributed by atoms with E-state index in [0.29, 0.717) is 36.1 Å². The molecule has 0 atom stereocenters. The molecule has 0 aliphatic heterocycles. The molecule has 0 fully saturated rings. The van der Waals surface area contributed by atoms with Crippen LogP contribution in [0.1, 0.15) is 23.9 Å². The smallest absolute Gasteiger partial charge is 0.261 e. The Labute approximate surface area is 161 Å². The highest BCUT2D eigenvalue weighted by Gasteiger charge is 2.10. The summed E-state index contributed by atoms with van der Waals surface area (Å²) in [5.74, 6) is -0.00114. The number of ketones is 1. The van der Waals surface area contributed by atoms with Crippen LogP contribution in [-0.4, -0.2) is 27.0 Å². The fraction of sp³-hybridized carbons (Fsp3) is 0.227. The van der Waals surface area contributed by atoms with E-state index in [1.807, 2.05) is 6.92 Å². The van der Waals surface area contributed by atoms with Gasteiger partial charge in [0.2, 0.25) is 0 Å². The lowest BCUT2D eigenvalue weighted by Crippen LogP contribution is -2.26. The van der Waals surface area contributed by atoms with Gasteiger partial charge in [-0.05, 0) is 47.9 Å². The summed E-state index contributed by atoms with van der Waals surface area (Å²) in [6.07, 6.45) is 4.08. The van der Waals surface area contributed by atoms with Gasteiger partial charge in [-0.25, -0.2) is 9.37 Å². The van der Waals surface area contributed by atoms with Crippen LogP contribution < -0.4 is 5.56 Å². The van der Waals surface area contributed by atoms with Crippen LogP contribution in [0.4, 0.5) is 4.39 Å². The fourth-order valence-electron chi connectivity index (χ4n) is 3.02. The Morgan fingerprint density at radius 2 is 1.96 bits per heavy atom. The SMILES string of the molecule is CCc1nc2cc(/C=C/C(=O)CO)ccc2c(=O)n1CCc1ccc(F)cc1. The van der Waals surface area contributed by atoms with E-state index in [2.05, 4.69) is 4.98 Å². The molecule has 0 aliphatic rings. The predicted molar refractivity (Wildman–Crippen MR) is 107 cm³/mol. The van der Waals surface area contributed by atoms with Crippen molar-refractivity contribution in [3.05, 3.63) is 81.7 Å². The van der Waals surface area contributed by atoms with Crippen molar-refractivity contribution in [3.63, 3.8) is 0 Å². The first-order chi connectivity index (χ1) is 13.5. The number of hydrogen-bond donors (Lipinski definition) is 1. The molecule has 1 heterocycles. The molecule has 0 saturated carbocycles. The number of fused-ring (bicyclic) bond motifs is 1. The predicted octanol–water partition coefficient (Wildman–Crippen LogP) is 2.92. The van der Waals surface area contributed by atoms with Crippen LogP contribution in [0.3, 0.4) is 0 Å². The first-order valence-electron chi connectivity index (χ1n) is 9.11. The quantitative estimate of drug-likeness (QED) is 0.640. The molecule has 3 aromatic rings. The van der Waals surface area contributed by atoms with E-state index in [4.69, 9.17) is 5.11 Å². The van der Waals surface area contributed by atoms with Gasteiger partial charge in [0.1, 0.15) is 18.2 Å². The fourth-order valence-corrected chi connectivity index (χ4v) is 3.02. The van der Waals surface area contributed by atoms with Crippen LogP contribution >= 0.6 is 0 Å². The van der Waals surface area contributed by atoms with Crippen LogP contribution in [0.2, 0.25) is 0 Å². The first-order valence-corrected chi connectivity index (χ1v) is 9.11. The highest BCUT2D eigenvalue weighted by atomic mass is 19.1. The van der Waals surface area contributed by atoms with Gasteiger partial charge in [-0.15, -0.1) is 0 Å².